The Kier molecular flexibility index (Phi) is 2.80. The fourth-order valence-electron chi connectivity index (χ4n) is 2.28. The lowest BCUT2D eigenvalue weighted by Gasteiger charge is -2.19. The Morgan fingerprint density at radius 3 is 2.38 bits per heavy atom. The van der Waals surface area contributed by atoms with Gasteiger partial charge in [-0.1, -0.05) is 0 Å². The molecule has 0 unspecified atom stereocenters. The third-order valence-electron chi connectivity index (χ3n) is 3.60. The number of hydrogen-bond donors (Lipinski definition) is 1. The van der Waals surface area contributed by atoms with Crippen LogP contribution in [-0.2, 0) is 5.41 Å². The van der Waals surface area contributed by atoms with E-state index in [1.165, 1.54) is 24.0 Å². The number of ether oxygens (including phenoxy) is 2. The van der Waals surface area contributed by atoms with E-state index >= 15 is 0 Å². The van der Waals surface area contributed by atoms with Crippen molar-refractivity contribution in [3.05, 3.63) is 23.3 Å². The second kappa shape index (κ2) is 3.98. The number of rotatable bonds is 4. The molecular formula is C13H19NO2. The molecule has 0 aliphatic heterocycles. The molecule has 1 aliphatic rings. The van der Waals surface area contributed by atoms with Gasteiger partial charge in [0.25, 0.3) is 0 Å². The van der Waals surface area contributed by atoms with E-state index in [0.29, 0.717) is 6.54 Å². The molecule has 1 fully saturated rings. The van der Waals surface area contributed by atoms with Crippen LogP contribution in [0, 0.1) is 6.92 Å². The molecule has 0 amide bonds. The van der Waals surface area contributed by atoms with Crippen LogP contribution in [-0.4, -0.2) is 20.8 Å². The van der Waals surface area contributed by atoms with E-state index in [4.69, 9.17) is 15.2 Å². The van der Waals surface area contributed by atoms with Gasteiger partial charge in [0.2, 0.25) is 0 Å². The highest BCUT2D eigenvalue weighted by atomic mass is 16.5. The maximum absolute atomic E-state index is 5.87. The van der Waals surface area contributed by atoms with Gasteiger partial charge in [-0.15, -0.1) is 0 Å². The summed E-state index contributed by atoms with van der Waals surface area (Å²) >= 11 is 0. The molecule has 0 bridgehead atoms. The third-order valence-corrected chi connectivity index (χ3v) is 3.60. The Balaban J connectivity index is 2.51. The molecule has 1 aromatic rings. The first kappa shape index (κ1) is 11.3. The molecule has 16 heavy (non-hydrogen) atoms. The van der Waals surface area contributed by atoms with E-state index in [1.807, 2.05) is 6.07 Å². The molecule has 2 rings (SSSR count). The Bertz CT molecular complexity index is 397. The lowest BCUT2D eigenvalue weighted by atomic mass is 9.91. The molecule has 1 aliphatic carbocycles. The number of nitrogens with two attached hydrogens (primary N) is 1. The molecule has 0 radical (unpaired) electrons. The largest absolute Gasteiger partial charge is 0.497 e. The van der Waals surface area contributed by atoms with Crippen molar-refractivity contribution < 1.29 is 9.47 Å². The molecule has 88 valence electrons. The number of methoxy groups -OCH3 is 2. The molecule has 3 nitrogen and oxygen atoms in total. The smallest absolute Gasteiger partial charge is 0.125 e. The van der Waals surface area contributed by atoms with Gasteiger partial charge in [-0.05, 0) is 37.0 Å². The summed E-state index contributed by atoms with van der Waals surface area (Å²) in [7, 11) is 3.36. The highest BCUT2D eigenvalue weighted by Gasteiger charge is 2.44. The lowest BCUT2D eigenvalue weighted by Crippen LogP contribution is -2.21. The Morgan fingerprint density at radius 2 is 1.94 bits per heavy atom. The van der Waals surface area contributed by atoms with Crippen molar-refractivity contribution in [3.8, 4) is 11.5 Å². The van der Waals surface area contributed by atoms with E-state index < -0.39 is 0 Å². The molecule has 1 aromatic carbocycles. The second-order valence-corrected chi connectivity index (χ2v) is 4.49. The van der Waals surface area contributed by atoms with Crippen molar-refractivity contribution in [3.63, 3.8) is 0 Å². The van der Waals surface area contributed by atoms with E-state index in [9.17, 15) is 0 Å². The highest BCUT2D eigenvalue weighted by Crippen LogP contribution is 2.50. The van der Waals surface area contributed by atoms with Crippen LogP contribution < -0.4 is 15.2 Å². The summed E-state index contributed by atoms with van der Waals surface area (Å²) in [4.78, 5) is 0. The minimum absolute atomic E-state index is 0.173. The molecule has 0 heterocycles. The summed E-state index contributed by atoms with van der Waals surface area (Å²) < 4.78 is 10.7. The first-order chi connectivity index (χ1) is 7.66. The zero-order valence-corrected chi connectivity index (χ0v) is 10.2. The highest BCUT2D eigenvalue weighted by molar-refractivity contribution is 5.51. The summed E-state index contributed by atoms with van der Waals surface area (Å²) in [5.74, 6) is 1.73. The lowest BCUT2D eigenvalue weighted by molar-refractivity contribution is 0.390. The predicted octanol–water partition coefficient (Wildman–Crippen LogP) is 2.00. The molecule has 2 N–H and O–H groups in total. The van der Waals surface area contributed by atoms with E-state index in [2.05, 4.69) is 13.0 Å². The van der Waals surface area contributed by atoms with Crippen LogP contribution in [0.2, 0.25) is 0 Å². The van der Waals surface area contributed by atoms with Crippen molar-refractivity contribution in [2.75, 3.05) is 20.8 Å². The van der Waals surface area contributed by atoms with Crippen LogP contribution in [0.15, 0.2) is 12.1 Å². The van der Waals surface area contributed by atoms with Crippen molar-refractivity contribution in [2.24, 2.45) is 5.73 Å². The van der Waals surface area contributed by atoms with Gasteiger partial charge in [-0.25, -0.2) is 0 Å². The molecule has 0 aromatic heterocycles. The normalized spacial score (nSPS) is 17.0. The summed E-state index contributed by atoms with van der Waals surface area (Å²) in [6.45, 7) is 2.79. The van der Waals surface area contributed by atoms with E-state index in [1.54, 1.807) is 14.2 Å². The summed E-state index contributed by atoms with van der Waals surface area (Å²) in [6, 6.07) is 4.02. The SMILES string of the molecule is COc1cc(OC)c(C)c(C2(CN)CC2)c1. The van der Waals surface area contributed by atoms with Crippen LogP contribution in [0.1, 0.15) is 24.0 Å². The maximum Gasteiger partial charge on any atom is 0.125 e. The van der Waals surface area contributed by atoms with Gasteiger partial charge in [-0.2, -0.15) is 0 Å². The second-order valence-electron chi connectivity index (χ2n) is 4.49. The van der Waals surface area contributed by atoms with Gasteiger partial charge in [-0.3, -0.25) is 0 Å². The quantitative estimate of drug-likeness (QED) is 0.845. The van der Waals surface area contributed by atoms with Gasteiger partial charge in [0.1, 0.15) is 11.5 Å². The van der Waals surface area contributed by atoms with Crippen LogP contribution in [0.3, 0.4) is 0 Å². The van der Waals surface area contributed by atoms with Gasteiger partial charge in [0.15, 0.2) is 0 Å². The molecule has 1 saturated carbocycles. The topological polar surface area (TPSA) is 44.5 Å². The molecule has 0 atom stereocenters. The first-order valence-corrected chi connectivity index (χ1v) is 5.60. The number of hydrogen-bond acceptors (Lipinski definition) is 3. The summed E-state index contributed by atoms with van der Waals surface area (Å²) in [5.41, 5.74) is 8.51. The zero-order valence-electron chi connectivity index (χ0n) is 10.2. The Hall–Kier alpha value is -1.22. The molecule has 0 saturated heterocycles. The average molecular weight is 221 g/mol. The van der Waals surface area contributed by atoms with Gasteiger partial charge in [0.05, 0.1) is 14.2 Å². The van der Waals surface area contributed by atoms with Crippen molar-refractivity contribution in [2.45, 2.75) is 25.2 Å². The van der Waals surface area contributed by atoms with Crippen molar-refractivity contribution in [1.29, 1.82) is 0 Å². The summed E-state index contributed by atoms with van der Waals surface area (Å²) in [5, 5.41) is 0. The molecule has 3 heteroatoms. The number of benzene rings is 1. The first-order valence-electron chi connectivity index (χ1n) is 5.60. The maximum atomic E-state index is 5.87. The minimum atomic E-state index is 0.173. The average Bonchev–Trinajstić information content (AvgIpc) is 3.10. The predicted molar refractivity (Wildman–Crippen MR) is 64.2 cm³/mol. The van der Waals surface area contributed by atoms with Crippen molar-refractivity contribution in [1.82, 2.24) is 0 Å². The third kappa shape index (κ3) is 1.65. The molecule has 0 spiro atoms. The van der Waals surface area contributed by atoms with Gasteiger partial charge in [0, 0.05) is 18.0 Å². The Morgan fingerprint density at radius 1 is 1.25 bits per heavy atom. The fourth-order valence-corrected chi connectivity index (χ4v) is 2.28. The fraction of sp³-hybridized carbons (Fsp3) is 0.538. The van der Waals surface area contributed by atoms with Crippen LogP contribution in [0.4, 0.5) is 0 Å². The summed E-state index contributed by atoms with van der Waals surface area (Å²) in [6.07, 6.45) is 2.33. The van der Waals surface area contributed by atoms with Crippen LogP contribution in [0.5, 0.6) is 11.5 Å². The van der Waals surface area contributed by atoms with E-state index in [-0.39, 0.29) is 5.41 Å². The van der Waals surface area contributed by atoms with Crippen LogP contribution in [0.25, 0.3) is 0 Å². The molecular weight excluding hydrogens is 202 g/mol. The Labute approximate surface area is 96.5 Å². The van der Waals surface area contributed by atoms with Gasteiger partial charge < -0.3 is 15.2 Å². The van der Waals surface area contributed by atoms with E-state index in [0.717, 1.165) is 11.5 Å². The monoisotopic (exact) mass is 221 g/mol. The van der Waals surface area contributed by atoms with Crippen molar-refractivity contribution >= 4 is 0 Å². The zero-order chi connectivity index (χ0) is 11.8. The standard InChI is InChI=1S/C13H19NO2/c1-9-11(13(8-14)4-5-13)6-10(15-2)7-12(9)16-3/h6-7H,4-5,8,14H2,1-3H3. The minimum Gasteiger partial charge on any atom is -0.497 e. The van der Waals surface area contributed by atoms with Gasteiger partial charge >= 0.3 is 0 Å². The van der Waals surface area contributed by atoms with Crippen LogP contribution >= 0.6 is 0 Å².